The number of hydrogen-bond acceptors (Lipinski definition) is 10. The van der Waals surface area contributed by atoms with Crippen molar-refractivity contribution in [2.45, 2.75) is 51.2 Å². The van der Waals surface area contributed by atoms with Crippen LogP contribution < -0.4 is 25.3 Å². The number of hydroxylamine groups is 1. The maximum Gasteiger partial charge on any atom is 0.247 e. The summed E-state index contributed by atoms with van der Waals surface area (Å²) in [5.41, 5.74) is 2.99. The van der Waals surface area contributed by atoms with Gasteiger partial charge in [-0.2, -0.15) is 0 Å². The quantitative estimate of drug-likeness (QED) is 0.248. The van der Waals surface area contributed by atoms with Crippen LogP contribution in [0.2, 0.25) is 5.02 Å². The third-order valence-corrected chi connectivity index (χ3v) is 9.83. The van der Waals surface area contributed by atoms with Crippen LogP contribution in [0.25, 0.3) is 0 Å². The molecule has 256 valence electrons. The van der Waals surface area contributed by atoms with E-state index in [1.165, 1.54) is 18.5 Å². The SMILES string of the molecule is C=CC(=O)Nc1cc(Nc2cc(N3OCCC3c3ccc(F)c(Cl)c3)ncn2)c(OC)cc1N1CCC(N2CCN(C(C)C)CC2)CC1. The van der Waals surface area contributed by atoms with Crippen molar-refractivity contribution in [3.8, 4) is 5.75 Å². The lowest BCUT2D eigenvalue weighted by molar-refractivity contribution is -0.111. The van der Waals surface area contributed by atoms with Crippen LogP contribution in [0.1, 0.15) is 44.7 Å². The first kappa shape index (κ1) is 33.9. The topological polar surface area (TPSA) is 98.3 Å². The van der Waals surface area contributed by atoms with Crippen molar-refractivity contribution < 1.29 is 18.8 Å². The van der Waals surface area contributed by atoms with Gasteiger partial charge in [0.2, 0.25) is 5.91 Å². The van der Waals surface area contributed by atoms with Crippen LogP contribution in [0, 0.1) is 5.82 Å². The molecule has 11 nitrogen and oxygen atoms in total. The van der Waals surface area contributed by atoms with Gasteiger partial charge in [0.15, 0.2) is 5.82 Å². The van der Waals surface area contributed by atoms with Gasteiger partial charge in [0.1, 0.15) is 23.7 Å². The van der Waals surface area contributed by atoms with Gasteiger partial charge in [-0.1, -0.05) is 24.2 Å². The van der Waals surface area contributed by atoms with E-state index < -0.39 is 5.82 Å². The first-order chi connectivity index (χ1) is 23.2. The molecule has 2 aromatic carbocycles. The standard InChI is InChI=1S/C35H44ClFN8O3/c1-5-35(46)41-28-19-29(32(47-4)20-31(28)44-11-8-25(9-12-44)43-15-13-42(14-16-43)23(2)3)40-33-21-34(39-22-38-33)45-30(10-17-48-45)24-6-7-27(37)26(36)18-24/h5-7,18-23,25,30H,1,8-17H2,2-4H3,(H,41,46)(H,38,39,40). The maximum atomic E-state index is 13.8. The predicted octanol–water partition coefficient (Wildman–Crippen LogP) is 6.02. The number of nitrogens with one attached hydrogen (secondary N) is 2. The van der Waals surface area contributed by atoms with Crippen molar-refractivity contribution in [2.75, 3.05) is 73.6 Å². The fraction of sp³-hybridized carbons (Fsp3) is 0.457. The largest absolute Gasteiger partial charge is 0.494 e. The number of carbonyl (C=O) groups excluding carboxylic acids is 1. The van der Waals surface area contributed by atoms with Crippen molar-refractivity contribution >= 4 is 46.2 Å². The number of aromatic nitrogens is 2. The molecule has 6 rings (SSSR count). The number of rotatable bonds is 10. The Balaban J connectivity index is 1.20. The van der Waals surface area contributed by atoms with Gasteiger partial charge in [-0.25, -0.2) is 19.4 Å². The molecule has 1 unspecified atom stereocenters. The Morgan fingerprint density at radius 2 is 1.83 bits per heavy atom. The van der Waals surface area contributed by atoms with E-state index in [-0.39, 0.29) is 17.0 Å². The second kappa shape index (κ2) is 15.1. The number of benzene rings is 2. The zero-order valence-corrected chi connectivity index (χ0v) is 28.5. The summed E-state index contributed by atoms with van der Waals surface area (Å²) in [5, 5.41) is 8.11. The third kappa shape index (κ3) is 7.52. The summed E-state index contributed by atoms with van der Waals surface area (Å²) in [6, 6.07) is 11.2. The highest BCUT2D eigenvalue weighted by atomic mass is 35.5. The van der Waals surface area contributed by atoms with Crippen molar-refractivity contribution in [2.24, 2.45) is 0 Å². The van der Waals surface area contributed by atoms with Gasteiger partial charge in [-0.3, -0.25) is 19.4 Å². The highest BCUT2D eigenvalue weighted by molar-refractivity contribution is 6.30. The van der Waals surface area contributed by atoms with Gasteiger partial charge in [-0.15, -0.1) is 0 Å². The number of nitrogens with zero attached hydrogens (tertiary/aromatic N) is 6. The molecular weight excluding hydrogens is 635 g/mol. The molecule has 0 aliphatic carbocycles. The summed E-state index contributed by atoms with van der Waals surface area (Å²) in [6.07, 6.45) is 5.49. The first-order valence-electron chi connectivity index (χ1n) is 16.6. The van der Waals surface area contributed by atoms with Gasteiger partial charge >= 0.3 is 0 Å². The van der Waals surface area contributed by atoms with E-state index >= 15 is 0 Å². The fourth-order valence-corrected chi connectivity index (χ4v) is 7.05. The molecule has 2 N–H and O–H groups in total. The Bertz CT molecular complexity index is 1610. The van der Waals surface area contributed by atoms with Crippen LogP contribution in [-0.4, -0.2) is 90.7 Å². The lowest BCUT2D eigenvalue weighted by atomic mass is 10.0. The van der Waals surface area contributed by atoms with Gasteiger partial charge < -0.3 is 20.3 Å². The van der Waals surface area contributed by atoms with E-state index in [0.717, 1.165) is 63.4 Å². The Kier molecular flexibility index (Phi) is 10.6. The molecular formula is C35H44ClFN8O3. The molecule has 3 aromatic rings. The van der Waals surface area contributed by atoms with E-state index in [1.807, 2.05) is 12.1 Å². The Morgan fingerprint density at radius 3 is 2.52 bits per heavy atom. The molecule has 0 radical (unpaired) electrons. The molecule has 4 heterocycles. The Labute approximate surface area is 286 Å². The number of amides is 1. The molecule has 0 saturated carbocycles. The van der Waals surface area contributed by atoms with Crippen molar-refractivity contribution in [3.05, 3.63) is 71.8 Å². The first-order valence-corrected chi connectivity index (χ1v) is 17.0. The molecule has 3 fully saturated rings. The molecule has 1 amide bonds. The molecule has 13 heteroatoms. The van der Waals surface area contributed by atoms with Crippen molar-refractivity contribution in [1.29, 1.82) is 0 Å². The van der Waals surface area contributed by atoms with E-state index in [0.29, 0.717) is 53.9 Å². The minimum Gasteiger partial charge on any atom is -0.494 e. The summed E-state index contributed by atoms with van der Waals surface area (Å²) in [6.45, 7) is 14.8. The Hall–Kier alpha value is -3.97. The number of carbonyl (C=O) groups is 1. The molecule has 3 saturated heterocycles. The number of halogens is 2. The number of piperidine rings is 1. The predicted molar refractivity (Wildman–Crippen MR) is 188 cm³/mol. The van der Waals surface area contributed by atoms with Crippen LogP contribution >= 0.6 is 11.6 Å². The van der Waals surface area contributed by atoms with Gasteiger partial charge in [0.25, 0.3) is 0 Å². The summed E-state index contributed by atoms with van der Waals surface area (Å²) < 4.78 is 19.7. The number of hydrogen-bond donors (Lipinski definition) is 2. The summed E-state index contributed by atoms with van der Waals surface area (Å²) in [4.78, 5) is 34.9. The molecule has 3 aliphatic heterocycles. The second-order valence-electron chi connectivity index (χ2n) is 12.7. The van der Waals surface area contributed by atoms with E-state index in [1.54, 1.807) is 30.4 Å². The van der Waals surface area contributed by atoms with Gasteiger partial charge in [0.05, 0.1) is 41.8 Å². The zero-order chi connectivity index (χ0) is 33.8. The average Bonchev–Trinajstić information content (AvgIpc) is 3.60. The van der Waals surface area contributed by atoms with Crippen molar-refractivity contribution in [3.63, 3.8) is 0 Å². The summed E-state index contributed by atoms with van der Waals surface area (Å²) >= 11 is 6.08. The molecule has 1 atom stereocenters. The highest BCUT2D eigenvalue weighted by Gasteiger charge is 2.31. The lowest BCUT2D eigenvalue weighted by Crippen LogP contribution is -2.54. The number of piperazine rings is 1. The van der Waals surface area contributed by atoms with Crippen LogP contribution in [0.15, 0.2) is 55.4 Å². The summed E-state index contributed by atoms with van der Waals surface area (Å²) in [7, 11) is 1.62. The monoisotopic (exact) mass is 678 g/mol. The molecule has 3 aliphatic rings. The van der Waals surface area contributed by atoms with Crippen LogP contribution in [0.3, 0.4) is 0 Å². The number of methoxy groups -OCH3 is 1. The summed E-state index contributed by atoms with van der Waals surface area (Å²) in [5.74, 6) is 0.859. The van der Waals surface area contributed by atoms with Crippen LogP contribution in [0.5, 0.6) is 5.75 Å². The van der Waals surface area contributed by atoms with E-state index in [4.69, 9.17) is 21.2 Å². The van der Waals surface area contributed by atoms with Gasteiger partial charge in [-0.05, 0) is 56.5 Å². The minimum absolute atomic E-state index is 0.0591. The van der Waals surface area contributed by atoms with Crippen LogP contribution in [0.4, 0.5) is 33.1 Å². The second-order valence-corrected chi connectivity index (χ2v) is 13.1. The normalized spacial score (nSPS) is 19.5. The Morgan fingerprint density at radius 1 is 1.06 bits per heavy atom. The average molecular weight is 679 g/mol. The highest BCUT2D eigenvalue weighted by Crippen LogP contribution is 2.41. The molecule has 48 heavy (non-hydrogen) atoms. The number of ether oxygens (including phenoxy) is 1. The van der Waals surface area contributed by atoms with E-state index in [2.05, 4.69) is 55.7 Å². The zero-order valence-electron chi connectivity index (χ0n) is 27.8. The molecule has 0 spiro atoms. The van der Waals surface area contributed by atoms with Crippen molar-refractivity contribution in [1.82, 2.24) is 19.8 Å². The van der Waals surface area contributed by atoms with Crippen LogP contribution in [-0.2, 0) is 9.63 Å². The van der Waals surface area contributed by atoms with E-state index in [9.17, 15) is 9.18 Å². The van der Waals surface area contributed by atoms with Gasteiger partial charge in [0, 0.05) is 69.9 Å². The smallest absolute Gasteiger partial charge is 0.247 e. The molecule has 0 bridgehead atoms. The number of anilines is 5. The fourth-order valence-electron chi connectivity index (χ4n) is 6.86. The third-order valence-electron chi connectivity index (χ3n) is 9.54. The lowest BCUT2D eigenvalue weighted by Gasteiger charge is -2.44. The maximum absolute atomic E-state index is 13.8. The molecule has 1 aromatic heterocycles. The minimum atomic E-state index is -0.469.